The zero-order valence-corrected chi connectivity index (χ0v) is 18.4. The summed E-state index contributed by atoms with van der Waals surface area (Å²) >= 11 is 0. The fraction of sp³-hybridized carbons (Fsp3) is 0.440. The molecular formula is C25H34N2O3. The van der Waals surface area contributed by atoms with Gasteiger partial charge in [0.25, 0.3) is 11.8 Å². The zero-order chi connectivity index (χ0) is 21.8. The van der Waals surface area contributed by atoms with Gasteiger partial charge in [0.05, 0.1) is 6.61 Å². The molecule has 1 unspecified atom stereocenters. The average molecular weight is 411 g/mol. The van der Waals surface area contributed by atoms with E-state index in [-0.39, 0.29) is 17.9 Å². The first kappa shape index (κ1) is 23.5. The molecular weight excluding hydrogens is 376 g/mol. The molecule has 2 amide bonds. The Bertz CT molecular complexity index is 802. The minimum atomic E-state index is -0.222. The van der Waals surface area contributed by atoms with Crippen molar-refractivity contribution in [3.05, 3.63) is 59.7 Å². The molecule has 2 rings (SSSR count). The van der Waals surface area contributed by atoms with Gasteiger partial charge in [0.1, 0.15) is 5.75 Å². The largest absolute Gasteiger partial charge is 0.494 e. The molecule has 0 fully saturated rings. The number of ether oxygens (including phenoxy) is 1. The van der Waals surface area contributed by atoms with Crippen LogP contribution in [-0.2, 0) is 0 Å². The highest BCUT2D eigenvalue weighted by molar-refractivity contribution is 6.05. The second-order valence-corrected chi connectivity index (χ2v) is 7.60. The molecule has 0 saturated heterocycles. The maximum Gasteiger partial charge on any atom is 0.255 e. The Morgan fingerprint density at radius 3 is 2.33 bits per heavy atom. The van der Waals surface area contributed by atoms with Crippen molar-refractivity contribution in [1.82, 2.24) is 5.32 Å². The van der Waals surface area contributed by atoms with Crippen LogP contribution < -0.4 is 15.4 Å². The summed E-state index contributed by atoms with van der Waals surface area (Å²) in [4.78, 5) is 24.8. The average Bonchev–Trinajstić information content (AvgIpc) is 2.76. The van der Waals surface area contributed by atoms with Gasteiger partial charge in [-0.2, -0.15) is 0 Å². The lowest BCUT2D eigenvalue weighted by Crippen LogP contribution is -2.31. The van der Waals surface area contributed by atoms with Gasteiger partial charge in [0, 0.05) is 22.9 Å². The number of rotatable bonds is 12. The monoisotopic (exact) mass is 410 g/mol. The third-order valence-electron chi connectivity index (χ3n) is 5.01. The van der Waals surface area contributed by atoms with Gasteiger partial charge in [-0.15, -0.1) is 0 Å². The highest BCUT2D eigenvalue weighted by Gasteiger charge is 2.11. The lowest BCUT2D eigenvalue weighted by atomic mass is 10.1. The van der Waals surface area contributed by atoms with Crippen LogP contribution in [0, 0.1) is 0 Å². The summed E-state index contributed by atoms with van der Waals surface area (Å²) in [5.74, 6) is 0.406. The summed E-state index contributed by atoms with van der Waals surface area (Å²) in [6, 6.07) is 14.2. The predicted octanol–water partition coefficient (Wildman–Crippen LogP) is 5.82. The fourth-order valence-electron chi connectivity index (χ4n) is 2.95. The molecule has 2 aromatic carbocycles. The van der Waals surface area contributed by atoms with E-state index in [0.717, 1.165) is 18.6 Å². The maximum atomic E-state index is 12.5. The van der Waals surface area contributed by atoms with E-state index in [1.54, 1.807) is 36.4 Å². The van der Waals surface area contributed by atoms with Crippen molar-refractivity contribution in [2.45, 2.75) is 65.3 Å². The number of unbranched alkanes of at least 4 members (excludes halogenated alkanes) is 4. The molecule has 30 heavy (non-hydrogen) atoms. The van der Waals surface area contributed by atoms with Crippen LogP contribution in [-0.4, -0.2) is 24.5 Å². The van der Waals surface area contributed by atoms with Crippen LogP contribution in [0.1, 0.15) is 80.0 Å². The third kappa shape index (κ3) is 7.90. The molecule has 0 aromatic heterocycles. The first-order valence-corrected chi connectivity index (χ1v) is 11.0. The Balaban J connectivity index is 1.87. The minimum Gasteiger partial charge on any atom is -0.494 e. The van der Waals surface area contributed by atoms with Gasteiger partial charge in [-0.05, 0) is 62.2 Å². The van der Waals surface area contributed by atoms with Crippen LogP contribution in [0.4, 0.5) is 5.69 Å². The second kappa shape index (κ2) is 12.7. The Hall–Kier alpha value is -2.82. The second-order valence-electron chi connectivity index (χ2n) is 7.60. The van der Waals surface area contributed by atoms with Crippen LogP contribution in [0.15, 0.2) is 48.5 Å². The van der Waals surface area contributed by atoms with Crippen molar-refractivity contribution in [3.63, 3.8) is 0 Å². The van der Waals surface area contributed by atoms with Crippen molar-refractivity contribution in [2.75, 3.05) is 11.9 Å². The highest BCUT2D eigenvalue weighted by Crippen LogP contribution is 2.16. The molecule has 0 heterocycles. The molecule has 162 valence electrons. The zero-order valence-electron chi connectivity index (χ0n) is 18.4. The summed E-state index contributed by atoms with van der Waals surface area (Å²) < 4.78 is 5.75. The smallest absolute Gasteiger partial charge is 0.255 e. The van der Waals surface area contributed by atoms with Crippen LogP contribution in [0.5, 0.6) is 5.75 Å². The van der Waals surface area contributed by atoms with E-state index in [9.17, 15) is 9.59 Å². The van der Waals surface area contributed by atoms with Crippen LogP contribution >= 0.6 is 0 Å². The summed E-state index contributed by atoms with van der Waals surface area (Å²) in [5, 5.41) is 5.78. The van der Waals surface area contributed by atoms with Gasteiger partial charge < -0.3 is 15.4 Å². The van der Waals surface area contributed by atoms with E-state index in [0.29, 0.717) is 23.4 Å². The minimum absolute atomic E-state index is 0.104. The molecule has 0 saturated carbocycles. The lowest BCUT2D eigenvalue weighted by Gasteiger charge is -2.12. The van der Waals surface area contributed by atoms with Gasteiger partial charge in [-0.25, -0.2) is 0 Å². The highest BCUT2D eigenvalue weighted by atomic mass is 16.5. The van der Waals surface area contributed by atoms with Gasteiger partial charge >= 0.3 is 0 Å². The first-order chi connectivity index (χ1) is 14.5. The number of anilines is 1. The first-order valence-electron chi connectivity index (χ1n) is 11.0. The van der Waals surface area contributed by atoms with E-state index in [1.807, 2.05) is 26.0 Å². The Labute approximate surface area is 180 Å². The molecule has 0 aliphatic heterocycles. The van der Waals surface area contributed by atoms with E-state index in [2.05, 4.69) is 17.6 Å². The summed E-state index contributed by atoms with van der Waals surface area (Å²) in [5.41, 5.74) is 1.65. The van der Waals surface area contributed by atoms with Crippen molar-refractivity contribution >= 4 is 17.5 Å². The quantitative estimate of drug-likeness (QED) is 0.434. The molecule has 0 spiro atoms. The molecule has 5 heteroatoms. The molecule has 1 atom stereocenters. The normalized spacial score (nSPS) is 11.6. The van der Waals surface area contributed by atoms with Crippen molar-refractivity contribution in [2.24, 2.45) is 0 Å². The Morgan fingerprint density at radius 2 is 1.63 bits per heavy atom. The topological polar surface area (TPSA) is 67.4 Å². The van der Waals surface area contributed by atoms with Gasteiger partial charge in [0.15, 0.2) is 0 Å². The molecule has 2 N–H and O–H groups in total. The number of carbonyl (C=O) groups is 2. The van der Waals surface area contributed by atoms with Gasteiger partial charge in [-0.1, -0.05) is 45.6 Å². The standard InChI is InChI=1S/C25H34N2O3/c1-4-6-7-8-9-17-30-23-15-13-20(14-16-23)24(28)27-22-12-10-11-21(18-22)25(29)26-19(3)5-2/h10-16,18-19H,4-9,17H2,1-3H3,(H,26,29)(H,27,28). The van der Waals surface area contributed by atoms with E-state index >= 15 is 0 Å². The maximum absolute atomic E-state index is 12.5. The number of carbonyl (C=O) groups excluding carboxylic acids is 2. The Morgan fingerprint density at radius 1 is 0.900 bits per heavy atom. The molecule has 0 aliphatic carbocycles. The van der Waals surface area contributed by atoms with Crippen LogP contribution in [0.3, 0.4) is 0 Å². The fourth-order valence-corrected chi connectivity index (χ4v) is 2.95. The van der Waals surface area contributed by atoms with Crippen molar-refractivity contribution < 1.29 is 14.3 Å². The molecule has 5 nitrogen and oxygen atoms in total. The summed E-state index contributed by atoms with van der Waals surface area (Å²) in [6.45, 7) is 6.88. The predicted molar refractivity (Wildman–Crippen MR) is 122 cm³/mol. The van der Waals surface area contributed by atoms with Crippen molar-refractivity contribution in [3.8, 4) is 5.75 Å². The third-order valence-corrected chi connectivity index (χ3v) is 5.01. The molecule has 2 aromatic rings. The molecule has 0 bridgehead atoms. The number of benzene rings is 2. The van der Waals surface area contributed by atoms with E-state index < -0.39 is 0 Å². The summed E-state index contributed by atoms with van der Waals surface area (Å²) in [7, 11) is 0. The van der Waals surface area contributed by atoms with Crippen LogP contribution in [0.2, 0.25) is 0 Å². The van der Waals surface area contributed by atoms with Crippen molar-refractivity contribution in [1.29, 1.82) is 0 Å². The number of hydrogen-bond acceptors (Lipinski definition) is 3. The number of nitrogens with one attached hydrogen (secondary N) is 2. The van der Waals surface area contributed by atoms with Gasteiger partial charge in [0.2, 0.25) is 0 Å². The summed E-state index contributed by atoms with van der Waals surface area (Å²) in [6.07, 6.45) is 6.85. The van der Waals surface area contributed by atoms with Gasteiger partial charge in [-0.3, -0.25) is 9.59 Å². The molecule has 0 radical (unpaired) electrons. The van der Waals surface area contributed by atoms with E-state index in [4.69, 9.17) is 4.74 Å². The Kier molecular flexibility index (Phi) is 9.92. The van der Waals surface area contributed by atoms with Crippen LogP contribution in [0.25, 0.3) is 0 Å². The number of hydrogen-bond donors (Lipinski definition) is 2. The SMILES string of the molecule is CCCCCCCOc1ccc(C(=O)Nc2cccc(C(=O)NC(C)CC)c2)cc1. The number of amides is 2. The lowest BCUT2D eigenvalue weighted by molar-refractivity contribution is 0.0938. The molecule has 0 aliphatic rings. The van der Waals surface area contributed by atoms with E-state index in [1.165, 1.54) is 25.7 Å².